The topological polar surface area (TPSA) is 20.2 Å². The molecule has 1 nitrogen and oxygen atoms in total. The Morgan fingerprint density at radius 2 is 2.29 bits per heavy atom. The van der Waals surface area contributed by atoms with Gasteiger partial charge in [-0.2, -0.15) is 0 Å². The summed E-state index contributed by atoms with van der Waals surface area (Å²) in [4.78, 5) is 0. The van der Waals surface area contributed by atoms with Crippen LogP contribution >= 0.6 is 0 Å². The summed E-state index contributed by atoms with van der Waals surface area (Å²) in [5.41, 5.74) is 2.09. The SMILES string of the molecule is CC1CC[C@H]2/C(=C/CO)CCC[C@]12C. The Labute approximate surface area is 87.2 Å². The predicted octanol–water partition coefficient (Wildman–Crippen LogP) is 3.14. The van der Waals surface area contributed by atoms with Crippen molar-refractivity contribution in [3.05, 3.63) is 11.6 Å². The summed E-state index contributed by atoms with van der Waals surface area (Å²) in [5.74, 6) is 1.65. The first kappa shape index (κ1) is 10.2. The van der Waals surface area contributed by atoms with Gasteiger partial charge in [0.2, 0.25) is 0 Å². The van der Waals surface area contributed by atoms with Gasteiger partial charge in [0.15, 0.2) is 0 Å². The zero-order chi connectivity index (χ0) is 10.2. The highest BCUT2D eigenvalue weighted by Crippen LogP contribution is 2.56. The molecule has 0 saturated heterocycles. The molecular weight excluding hydrogens is 172 g/mol. The highest BCUT2D eigenvalue weighted by atomic mass is 16.2. The molecule has 0 aliphatic heterocycles. The molecule has 2 aliphatic carbocycles. The van der Waals surface area contributed by atoms with Crippen LogP contribution in [0, 0.1) is 17.3 Å². The molecule has 2 saturated carbocycles. The third kappa shape index (κ3) is 1.42. The fourth-order valence-corrected chi connectivity index (χ4v) is 3.66. The van der Waals surface area contributed by atoms with Crippen molar-refractivity contribution in [3.63, 3.8) is 0 Å². The van der Waals surface area contributed by atoms with Crippen LogP contribution in [-0.2, 0) is 0 Å². The molecule has 0 radical (unpaired) electrons. The molecule has 0 aromatic carbocycles. The molecule has 3 atom stereocenters. The summed E-state index contributed by atoms with van der Waals surface area (Å²) in [6, 6.07) is 0. The number of hydrogen-bond acceptors (Lipinski definition) is 1. The van der Waals surface area contributed by atoms with E-state index in [4.69, 9.17) is 5.11 Å². The summed E-state index contributed by atoms with van der Waals surface area (Å²) in [7, 11) is 0. The van der Waals surface area contributed by atoms with E-state index in [2.05, 4.69) is 19.9 Å². The van der Waals surface area contributed by atoms with Crippen LogP contribution in [0.1, 0.15) is 46.0 Å². The van der Waals surface area contributed by atoms with Gasteiger partial charge in [0, 0.05) is 0 Å². The van der Waals surface area contributed by atoms with Crippen LogP contribution in [0.5, 0.6) is 0 Å². The molecule has 0 spiro atoms. The number of rotatable bonds is 1. The van der Waals surface area contributed by atoms with Gasteiger partial charge < -0.3 is 5.11 Å². The van der Waals surface area contributed by atoms with Crippen molar-refractivity contribution in [2.75, 3.05) is 6.61 Å². The Morgan fingerprint density at radius 3 is 3.00 bits per heavy atom. The fourth-order valence-electron chi connectivity index (χ4n) is 3.66. The Balaban J connectivity index is 2.24. The van der Waals surface area contributed by atoms with Gasteiger partial charge in [-0.3, -0.25) is 0 Å². The van der Waals surface area contributed by atoms with Crippen LogP contribution < -0.4 is 0 Å². The number of hydrogen-bond donors (Lipinski definition) is 1. The molecule has 2 aliphatic rings. The minimum Gasteiger partial charge on any atom is -0.392 e. The molecule has 1 N–H and O–H groups in total. The van der Waals surface area contributed by atoms with Crippen molar-refractivity contribution in [3.8, 4) is 0 Å². The van der Waals surface area contributed by atoms with Crippen molar-refractivity contribution in [2.45, 2.75) is 46.0 Å². The van der Waals surface area contributed by atoms with Crippen LogP contribution in [0.25, 0.3) is 0 Å². The third-order valence-corrected chi connectivity index (χ3v) is 4.79. The van der Waals surface area contributed by atoms with Gasteiger partial charge in [0.25, 0.3) is 0 Å². The van der Waals surface area contributed by atoms with Gasteiger partial charge in [0.1, 0.15) is 0 Å². The summed E-state index contributed by atoms with van der Waals surface area (Å²) in [5, 5.41) is 9.01. The molecule has 1 heteroatoms. The zero-order valence-corrected chi connectivity index (χ0v) is 9.42. The van der Waals surface area contributed by atoms with Crippen LogP contribution in [0.2, 0.25) is 0 Å². The Morgan fingerprint density at radius 1 is 1.50 bits per heavy atom. The number of fused-ring (bicyclic) bond motifs is 1. The van der Waals surface area contributed by atoms with E-state index in [0.29, 0.717) is 5.41 Å². The van der Waals surface area contributed by atoms with E-state index < -0.39 is 0 Å². The monoisotopic (exact) mass is 194 g/mol. The largest absolute Gasteiger partial charge is 0.392 e. The lowest BCUT2D eigenvalue weighted by Crippen LogP contribution is -2.32. The molecule has 0 amide bonds. The van der Waals surface area contributed by atoms with Gasteiger partial charge in [-0.15, -0.1) is 0 Å². The Kier molecular flexibility index (Phi) is 2.70. The number of aliphatic hydroxyl groups excluding tert-OH is 1. The van der Waals surface area contributed by atoms with Crippen LogP contribution in [0.4, 0.5) is 0 Å². The summed E-state index contributed by atoms with van der Waals surface area (Å²) in [6.07, 6.45) is 8.74. The Hall–Kier alpha value is -0.300. The standard InChI is InChI=1S/C13H22O/c1-10-5-6-12-11(7-9-14)4-3-8-13(10,12)2/h7,10,12,14H,3-6,8-9H2,1-2H3/b11-7+/t10?,12-,13+/m0/s1. The lowest BCUT2D eigenvalue weighted by Gasteiger charge is -2.41. The van der Waals surface area contributed by atoms with E-state index in [1.165, 1.54) is 32.1 Å². The van der Waals surface area contributed by atoms with E-state index in [0.717, 1.165) is 11.8 Å². The number of allylic oxidation sites excluding steroid dienone is 1. The number of aliphatic hydroxyl groups is 1. The maximum Gasteiger partial charge on any atom is 0.0615 e. The molecule has 0 heterocycles. The summed E-state index contributed by atoms with van der Waals surface area (Å²) < 4.78 is 0. The summed E-state index contributed by atoms with van der Waals surface area (Å²) in [6.45, 7) is 5.10. The van der Waals surface area contributed by atoms with E-state index >= 15 is 0 Å². The first-order valence-electron chi connectivity index (χ1n) is 5.98. The molecule has 2 fully saturated rings. The quantitative estimate of drug-likeness (QED) is 0.636. The minimum absolute atomic E-state index is 0.232. The predicted molar refractivity (Wildman–Crippen MR) is 59.0 cm³/mol. The molecule has 80 valence electrons. The maximum atomic E-state index is 9.01. The first-order chi connectivity index (χ1) is 6.68. The summed E-state index contributed by atoms with van der Waals surface area (Å²) >= 11 is 0. The minimum atomic E-state index is 0.232. The van der Waals surface area contributed by atoms with E-state index in [1.54, 1.807) is 5.57 Å². The first-order valence-corrected chi connectivity index (χ1v) is 5.98. The second-order valence-electron chi connectivity index (χ2n) is 5.35. The highest BCUT2D eigenvalue weighted by Gasteiger charge is 2.46. The Bertz CT molecular complexity index is 244. The van der Waals surface area contributed by atoms with Gasteiger partial charge >= 0.3 is 0 Å². The fraction of sp³-hybridized carbons (Fsp3) is 0.846. The second-order valence-corrected chi connectivity index (χ2v) is 5.35. The molecule has 2 rings (SSSR count). The van der Waals surface area contributed by atoms with Crippen LogP contribution in [-0.4, -0.2) is 11.7 Å². The maximum absolute atomic E-state index is 9.01. The van der Waals surface area contributed by atoms with Gasteiger partial charge in [-0.25, -0.2) is 0 Å². The molecule has 14 heavy (non-hydrogen) atoms. The van der Waals surface area contributed by atoms with E-state index in [9.17, 15) is 0 Å². The van der Waals surface area contributed by atoms with Crippen molar-refractivity contribution < 1.29 is 5.11 Å². The van der Waals surface area contributed by atoms with E-state index in [1.807, 2.05) is 0 Å². The highest BCUT2D eigenvalue weighted by molar-refractivity contribution is 5.17. The smallest absolute Gasteiger partial charge is 0.0615 e. The second kappa shape index (κ2) is 3.69. The van der Waals surface area contributed by atoms with Gasteiger partial charge in [-0.05, 0) is 49.4 Å². The average Bonchev–Trinajstić information content (AvgIpc) is 2.45. The normalized spacial score (nSPS) is 45.5. The molecule has 1 unspecified atom stereocenters. The van der Waals surface area contributed by atoms with Crippen LogP contribution in [0.3, 0.4) is 0 Å². The molecule has 0 aromatic heterocycles. The van der Waals surface area contributed by atoms with E-state index in [-0.39, 0.29) is 6.61 Å². The molecular formula is C13H22O. The van der Waals surface area contributed by atoms with Gasteiger partial charge in [0.05, 0.1) is 6.61 Å². The molecule has 0 bridgehead atoms. The van der Waals surface area contributed by atoms with Crippen molar-refractivity contribution >= 4 is 0 Å². The van der Waals surface area contributed by atoms with Crippen molar-refractivity contribution in [1.29, 1.82) is 0 Å². The third-order valence-electron chi connectivity index (χ3n) is 4.79. The van der Waals surface area contributed by atoms with Crippen molar-refractivity contribution in [2.24, 2.45) is 17.3 Å². The average molecular weight is 194 g/mol. The lowest BCUT2D eigenvalue weighted by atomic mass is 9.64. The van der Waals surface area contributed by atoms with Crippen LogP contribution in [0.15, 0.2) is 11.6 Å². The molecule has 0 aromatic rings. The zero-order valence-electron chi connectivity index (χ0n) is 9.42. The lowest BCUT2D eigenvalue weighted by molar-refractivity contribution is 0.146. The van der Waals surface area contributed by atoms with Crippen molar-refractivity contribution in [1.82, 2.24) is 0 Å². The van der Waals surface area contributed by atoms with Gasteiger partial charge in [-0.1, -0.05) is 25.5 Å².